The van der Waals surface area contributed by atoms with Gasteiger partial charge in [-0.2, -0.15) is 5.10 Å². The molecule has 0 aromatic heterocycles. The fourth-order valence-electron chi connectivity index (χ4n) is 2.30. The average Bonchev–Trinajstić information content (AvgIpc) is 2.69. The number of nitrogens with one attached hydrogen (secondary N) is 2. The highest BCUT2D eigenvalue weighted by molar-refractivity contribution is 5.91. The third kappa shape index (κ3) is 6.22. The molecule has 2 aromatic carbocycles. The molecule has 7 nitrogen and oxygen atoms in total. The summed E-state index contributed by atoms with van der Waals surface area (Å²) in [5, 5.41) is 6.64. The van der Waals surface area contributed by atoms with Crippen molar-refractivity contribution in [3.05, 3.63) is 48.0 Å². The van der Waals surface area contributed by atoms with Gasteiger partial charge in [0.25, 0.3) is 0 Å². The summed E-state index contributed by atoms with van der Waals surface area (Å²) >= 11 is 0. The van der Waals surface area contributed by atoms with Crippen LogP contribution in [0.4, 0.5) is 10.5 Å². The molecule has 2 rings (SSSR count). The molecule has 0 radical (unpaired) electrons. The lowest BCUT2D eigenvalue weighted by Gasteiger charge is -2.09. The van der Waals surface area contributed by atoms with Gasteiger partial charge < -0.3 is 19.5 Å². The van der Waals surface area contributed by atoms with Gasteiger partial charge in [0.05, 0.1) is 27.0 Å². The number of carbonyl (C=O) groups is 1. The molecule has 0 aliphatic carbocycles. The molecule has 7 heteroatoms. The number of nitrogens with zero attached hydrogens (tertiary/aromatic N) is 1. The Kier molecular flexibility index (Phi) is 7.96. The molecule has 0 aliphatic rings. The second kappa shape index (κ2) is 10.7. The van der Waals surface area contributed by atoms with Crippen molar-refractivity contribution in [1.29, 1.82) is 0 Å². The van der Waals surface area contributed by atoms with E-state index in [1.165, 1.54) is 6.21 Å². The van der Waals surface area contributed by atoms with Crippen molar-refractivity contribution in [1.82, 2.24) is 5.43 Å². The van der Waals surface area contributed by atoms with Crippen LogP contribution < -0.4 is 25.0 Å². The molecule has 0 unspecified atom stereocenters. The van der Waals surface area contributed by atoms with E-state index in [-0.39, 0.29) is 0 Å². The number of methoxy groups -OCH3 is 2. The smallest absolute Gasteiger partial charge is 0.339 e. The van der Waals surface area contributed by atoms with Gasteiger partial charge in [-0.1, -0.05) is 19.4 Å². The van der Waals surface area contributed by atoms with E-state index in [9.17, 15) is 4.79 Å². The number of carbonyl (C=O) groups excluding carboxylic acids is 1. The summed E-state index contributed by atoms with van der Waals surface area (Å²) in [5.74, 6) is 1.91. The number of ether oxygens (including phenoxy) is 3. The van der Waals surface area contributed by atoms with Crippen LogP contribution in [0.25, 0.3) is 0 Å². The topological polar surface area (TPSA) is 81.2 Å². The number of anilines is 1. The summed E-state index contributed by atoms with van der Waals surface area (Å²) in [6.45, 7) is 2.80. The van der Waals surface area contributed by atoms with Crippen LogP contribution in [-0.4, -0.2) is 33.1 Å². The van der Waals surface area contributed by atoms with Crippen molar-refractivity contribution in [2.75, 3.05) is 26.1 Å². The molecule has 2 amide bonds. The number of hydrogen-bond acceptors (Lipinski definition) is 5. The number of para-hydroxylation sites is 1. The van der Waals surface area contributed by atoms with E-state index in [0.717, 1.165) is 18.6 Å². The van der Waals surface area contributed by atoms with Crippen LogP contribution in [0.15, 0.2) is 47.6 Å². The Morgan fingerprint density at radius 1 is 1.11 bits per heavy atom. The molecular weight excluding hydrogens is 346 g/mol. The number of urea groups is 1. The number of hydrazone groups is 1. The van der Waals surface area contributed by atoms with Gasteiger partial charge in [0.15, 0.2) is 11.5 Å². The molecule has 0 spiro atoms. The molecule has 0 heterocycles. The van der Waals surface area contributed by atoms with Gasteiger partial charge in [-0.15, -0.1) is 0 Å². The zero-order valence-corrected chi connectivity index (χ0v) is 15.8. The number of rotatable bonds is 9. The maximum atomic E-state index is 12.0. The lowest BCUT2D eigenvalue weighted by molar-refractivity contribution is 0.252. The van der Waals surface area contributed by atoms with E-state index in [1.54, 1.807) is 32.4 Å². The fourth-order valence-corrected chi connectivity index (χ4v) is 2.30. The molecule has 0 saturated carbocycles. The first kappa shape index (κ1) is 20.1. The zero-order chi connectivity index (χ0) is 19.5. The highest BCUT2D eigenvalue weighted by Gasteiger charge is 2.07. The monoisotopic (exact) mass is 371 g/mol. The predicted molar refractivity (Wildman–Crippen MR) is 106 cm³/mol. The van der Waals surface area contributed by atoms with Crippen LogP contribution in [0.1, 0.15) is 25.3 Å². The van der Waals surface area contributed by atoms with Crippen LogP contribution >= 0.6 is 0 Å². The van der Waals surface area contributed by atoms with Crippen LogP contribution in [0.3, 0.4) is 0 Å². The van der Waals surface area contributed by atoms with Crippen molar-refractivity contribution >= 4 is 17.9 Å². The van der Waals surface area contributed by atoms with Gasteiger partial charge in [-0.05, 0) is 42.8 Å². The van der Waals surface area contributed by atoms with Crippen LogP contribution in [0, 0.1) is 0 Å². The Labute approximate surface area is 159 Å². The minimum atomic E-state index is -0.451. The van der Waals surface area contributed by atoms with Crippen molar-refractivity contribution < 1.29 is 19.0 Å². The van der Waals surface area contributed by atoms with Gasteiger partial charge >= 0.3 is 6.03 Å². The SMILES string of the molecule is CCCCOc1ccc(NC(=O)NN=Cc2cccc(OC)c2OC)cc1. The van der Waals surface area contributed by atoms with Crippen LogP contribution in [-0.2, 0) is 0 Å². The highest BCUT2D eigenvalue weighted by Crippen LogP contribution is 2.29. The first-order valence-corrected chi connectivity index (χ1v) is 8.71. The average molecular weight is 371 g/mol. The quantitative estimate of drug-likeness (QED) is 0.396. The Morgan fingerprint density at radius 3 is 2.56 bits per heavy atom. The molecule has 0 bridgehead atoms. The predicted octanol–water partition coefficient (Wildman–Crippen LogP) is 4.04. The third-order valence-electron chi connectivity index (χ3n) is 3.68. The lowest BCUT2D eigenvalue weighted by atomic mass is 10.2. The first-order chi connectivity index (χ1) is 13.2. The van der Waals surface area contributed by atoms with Crippen LogP contribution in [0.2, 0.25) is 0 Å². The summed E-state index contributed by atoms with van der Waals surface area (Å²) in [5.41, 5.74) is 3.75. The minimum absolute atomic E-state index is 0.451. The number of amides is 2. The van der Waals surface area contributed by atoms with Crippen molar-refractivity contribution in [3.8, 4) is 17.2 Å². The molecule has 144 valence electrons. The third-order valence-corrected chi connectivity index (χ3v) is 3.68. The maximum absolute atomic E-state index is 12.0. The van der Waals surface area contributed by atoms with Crippen molar-refractivity contribution in [2.45, 2.75) is 19.8 Å². The molecule has 27 heavy (non-hydrogen) atoms. The fraction of sp³-hybridized carbons (Fsp3) is 0.300. The summed E-state index contributed by atoms with van der Waals surface area (Å²) in [6, 6.07) is 12.1. The Bertz CT molecular complexity index is 760. The second-order valence-corrected chi connectivity index (χ2v) is 5.63. The van der Waals surface area contributed by atoms with E-state index in [1.807, 2.05) is 24.3 Å². The van der Waals surface area contributed by atoms with Crippen molar-refractivity contribution in [3.63, 3.8) is 0 Å². The first-order valence-electron chi connectivity index (χ1n) is 8.71. The van der Waals surface area contributed by atoms with Gasteiger partial charge in [0.1, 0.15) is 5.75 Å². The number of benzene rings is 2. The van der Waals surface area contributed by atoms with Gasteiger partial charge in [0, 0.05) is 11.3 Å². The van der Waals surface area contributed by atoms with Gasteiger partial charge in [-0.25, -0.2) is 10.2 Å². The van der Waals surface area contributed by atoms with E-state index in [2.05, 4.69) is 22.8 Å². The van der Waals surface area contributed by atoms with Gasteiger partial charge in [0.2, 0.25) is 0 Å². The lowest BCUT2D eigenvalue weighted by Crippen LogP contribution is -2.24. The highest BCUT2D eigenvalue weighted by atomic mass is 16.5. The summed E-state index contributed by atoms with van der Waals surface area (Å²) in [4.78, 5) is 12.0. The molecule has 2 aromatic rings. The molecule has 0 saturated heterocycles. The number of unbranched alkanes of at least 4 members (excludes halogenated alkanes) is 1. The maximum Gasteiger partial charge on any atom is 0.339 e. The van der Waals surface area contributed by atoms with E-state index >= 15 is 0 Å². The molecule has 2 N–H and O–H groups in total. The summed E-state index contributed by atoms with van der Waals surface area (Å²) in [7, 11) is 3.11. The zero-order valence-electron chi connectivity index (χ0n) is 15.8. The minimum Gasteiger partial charge on any atom is -0.494 e. The standard InChI is InChI=1S/C20H25N3O4/c1-4-5-13-27-17-11-9-16(10-12-17)22-20(24)23-21-14-15-7-6-8-18(25-2)19(15)26-3/h6-12,14H,4-5,13H2,1-3H3,(H2,22,23,24). The van der Waals surface area contributed by atoms with E-state index in [0.29, 0.717) is 29.4 Å². The molecule has 0 atom stereocenters. The molecule has 0 aliphatic heterocycles. The largest absolute Gasteiger partial charge is 0.494 e. The van der Waals surface area contributed by atoms with Crippen LogP contribution in [0.5, 0.6) is 17.2 Å². The van der Waals surface area contributed by atoms with E-state index < -0.39 is 6.03 Å². The Balaban J connectivity index is 1.88. The Morgan fingerprint density at radius 2 is 1.89 bits per heavy atom. The summed E-state index contributed by atoms with van der Waals surface area (Å²) in [6.07, 6.45) is 3.59. The van der Waals surface area contributed by atoms with Crippen molar-refractivity contribution in [2.24, 2.45) is 5.10 Å². The molecule has 0 fully saturated rings. The molecular formula is C20H25N3O4. The normalized spacial score (nSPS) is 10.5. The van der Waals surface area contributed by atoms with Gasteiger partial charge in [-0.3, -0.25) is 0 Å². The Hall–Kier alpha value is -3.22. The second-order valence-electron chi connectivity index (χ2n) is 5.63. The van der Waals surface area contributed by atoms with E-state index in [4.69, 9.17) is 14.2 Å². The number of hydrogen-bond donors (Lipinski definition) is 2. The summed E-state index contributed by atoms with van der Waals surface area (Å²) < 4.78 is 16.1.